The first-order valence-corrected chi connectivity index (χ1v) is 9.17. The van der Waals surface area contributed by atoms with E-state index in [9.17, 15) is 9.59 Å². The molecule has 2 amide bonds. The highest BCUT2D eigenvalue weighted by Crippen LogP contribution is 2.25. The number of benzene rings is 2. The lowest BCUT2D eigenvalue weighted by Crippen LogP contribution is -2.34. The minimum absolute atomic E-state index is 0.209. The van der Waals surface area contributed by atoms with Crippen molar-refractivity contribution in [2.45, 2.75) is 0 Å². The van der Waals surface area contributed by atoms with Gasteiger partial charge in [-0.1, -0.05) is 54.3 Å². The highest BCUT2D eigenvalue weighted by Gasteiger charge is 2.21. The zero-order valence-corrected chi connectivity index (χ0v) is 15.8. The molecule has 2 aromatic rings. The van der Waals surface area contributed by atoms with Gasteiger partial charge in [-0.25, -0.2) is 0 Å². The molecule has 8 heteroatoms. The molecule has 1 fully saturated rings. The fourth-order valence-electron chi connectivity index (χ4n) is 2.16. The summed E-state index contributed by atoms with van der Waals surface area (Å²) in [5, 5.41) is 8.35. The number of carbonyl (C=O) groups excluding carboxylic acids is 2. The molecule has 5 nitrogen and oxygen atoms in total. The van der Waals surface area contributed by atoms with Gasteiger partial charge in [0.05, 0.1) is 4.91 Å². The normalized spacial score (nSPS) is 14.8. The van der Waals surface area contributed by atoms with Crippen molar-refractivity contribution < 1.29 is 9.59 Å². The number of carbonyl (C=O) groups is 2. The number of rotatable bonds is 3. The molecule has 130 valence electrons. The molecule has 26 heavy (non-hydrogen) atoms. The van der Waals surface area contributed by atoms with Gasteiger partial charge in [0, 0.05) is 11.3 Å². The predicted molar refractivity (Wildman–Crippen MR) is 113 cm³/mol. The fourth-order valence-corrected chi connectivity index (χ4v) is 3.42. The summed E-state index contributed by atoms with van der Waals surface area (Å²) in [6, 6.07) is 16.2. The summed E-state index contributed by atoms with van der Waals surface area (Å²) < 4.78 is 0.441. The largest absolute Gasteiger partial charge is 0.332 e. The van der Waals surface area contributed by atoms with Gasteiger partial charge in [0.2, 0.25) is 0 Å². The molecule has 1 aliphatic heterocycles. The maximum Gasteiger partial charge on any atom is 0.263 e. The van der Waals surface area contributed by atoms with Crippen molar-refractivity contribution in [3.05, 3.63) is 70.6 Å². The van der Waals surface area contributed by atoms with Gasteiger partial charge >= 0.3 is 0 Å². The maximum absolute atomic E-state index is 12.3. The molecular weight excluding hydrogens is 386 g/mol. The lowest BCUT2D eigenvalue weighted by Gasteiger charge is -2.09. The van der Waals surface area contributed by atoms with E-state index in [2.05, 4.69) is 16.0 Å². The number of hydrogen-bond donors (Lipinski definition) is 3. The second-order valence-corrected chi connectivity index (χ2v) is 7.38. The van der Waals surface area contributed by atoms with E-state index in [1.165, 1.54) is 11.8 Å². The molecule has 1 aliphatic rings. The minimum Gasteiger partial charge on any atom is -0.332 e. The highest BCUT2D eigenvalue weighted by molar-refractivity contribution is 8.26. The van der Waals surface area contributed by atoms with Crippen LogP contribution >= 0.6 is 36.2 Å². The van der Waals surface area contributed by atoms with Crippen molar-refractivity contribution >= 4 is 69.2 Å². The Bertz CT molecular complexity index is 909. The van der Waals surface area contributed by atoms with Crippen molar-refractivity contribution in [2.24, 2.45) is 0 Å². The Balaban J connectivity index is 1.62. The Hall–Kier alpha value is -2.55. The Labute approximate surface area is 165 Å². The number of thioether (sulfide) groups is 1. The third-order valence-corrected chi connectivity index (χ3v) is 4.74. The van der Waals surface area contributed by atoms with Gasteiger partial charge in [0.15, 0.2) is 5.11 Å². The summed E-state index contributed by atoms with van der Waals surface area (Å²) in [6.45, 7) is 0. The summed E-state index contributed by atoms with van der Waals surface area (Å²) in [5.41, 5.74) is 2.06. The van der Waals surface area contributed by atoms with E-state index in [-0.39, 0.29) is 16.9 Å². The number of anilines is 1. The van der Waals surface area contributed by atoms with Crippen LogP contribution in [0.25, 0.3) is 6.08 Å². The van der Waals surface area contributed by atoms with Crippen molar-refractivity contribution in [3.8, 4) is 0 Å². The van der Waals surface area contributed by atoms with E-state index in [4.69, 9.17) is 24.4 Å². The van der Waals surface area contributed by atoms with Gasteiger partial charge in [-0.3, -0.25) is 14.9 Å². The molecule has 2 aromatic carbocycles. The summed E-state index contributed by atoms with van der Waals surface area (Å²) in [4.78, 5) is 24.4. The molecule has 0 bridgehead atoms. The second-order valence-electron chi connectivity index (χ2n) is 5.25. The van der Waals surface area contributed by atoms with E-state index >= 15 is 0 Å². The summed E-state index contributed by atoms with van der Waals surface area (Å²) in [5.74, 6) is -0.522. The van der Waals surface area contributed by atoms with E-state index < -0.39 is 0 Å². The van der Waals surface area contributed by atoms with Crippen LogP contribution in [0.5, 0.6) is 0 Å². The molecule has 0 saturated carbocycles. The van der Waals surface area contributed by atoms with Crippen LogP contribution in [-0.4, -0.2) is 21.2 Å². The number of nitrogens with one attached hydrogen (secondary N) is 3. The predicted octanol–water partition coefficient (Wildman–Crippen LogP) is 3.30. The summed E-state index contributed by atoms with van der Waals surface area (Å²) in [6.07, 6.45) is 1.72. The summed E-state index contributed by atoms with van der Waals surface area (Å²) in [7, 11) is 0. The first kappa shape index (κ1) is 18.2. The lowest BCUT2D eigenvalue weighted by molar-refractivity contribution is -0.115. The van der Waals surface area contributed by atoms with Crippen LogP contribution < -0.4 is 16.0 Å². The topological polar surface area (TPSA) is 70.2 Å². The Morgan fingerprint density at radius 3 is 2.38 bits per heavy atom. The fraction of sp³-hybridized carbons (Fsp3) is 0. The van der Waals surface area contributed by atoms with Crippen LogP contribution in [-0.2, 0) is 4.79 Å². The maximum atomic E-state index is 12.3. The zero-order chi connectivity index (χ0) is 18.5. The Morgan fingerprint density at radius 2 is 1.77 bits per heavy atom. The third-order valence-electron chi connectivity index (χ3n) is 3.37. The number of para-hydroxylation sites is 1. The van der Waals surface area contributed by atoms with Gasteiger partial charge < -0.3 is 10.6 Å². The molecule has 0 atom stereocenters. The van der Waals surface area contributed by atoms with Crippen molar-refractivity contribution in [1.82, 2.24) is 10.6 Å². The van der Waals surface area contributed by atoms with Crippen LogP contribution in [0.1, 0.15) is 15.9 Å². The van der Waals surface area contributed by atoms with Crippen molar-refractivity contribution in [2.75, 3.05) is 5.32 Å². The molecular formula is C18H13N3O2S3. The monoisotopic (exact) mass is 399 g/mol. The molecule has 3 N–H and O–H groups in total. The van der Waals surface area contributed by atoms with Crippen LogP contribution in [0.15, 0.2) is 59.5 Å². The molecule has 1 saturated heterocycles. The van der Waals surface area contributed by atoms with Gasteiger partial charge in [-0.15, -0.1) is 0 Å². The average Bonchev–Trinajstić information content (AvgIpc) is 2.93. The first-order chi connectivity index (χ1) is 12.5. The van der Waals surface area contributed by atoms with Gasteiger partial charge in [-0.2, -0.15) is 0 Å². The molecule has 3 rings (SSSR count). The standard InChI is InChI=1S/C18H13N3O2S3/c22-15(20-17(24)19-13-4-2-1-3-5-13)12-8-6-11(7-9-12)10-14-16(23)21-18(25)26-14/h1-10H,(H,21,23,25)(H2,19,20,22,24)/b14-10-. The minimum atomic E-state index is -0.313. The third kappa shape index (κ3) is 4.75. The molecule has 0 aliphatic carbocycles. The van der Waals surface area contributed by atoms with E-state index in [1.54, 1.807) is 30.3 Å². The molecule has 0 unspecified atom stereocenters. The van der Waals surface area contributed by atoms with Crippen LogP contribution in [0, 0.1) is 0 Å². The smallest absolute Gasteiger partial charge is 0.263 e. The SMILES string of the molecule is O=C1NC(=S)S/C1=C\c1ccc(C(=O)NC(=S)Nc2ccccc2)cc1. The van der Waals surface area contributed by atoms with Crippen LogP contribution in [0.3, 0.4) is 0 Å². The summed E-state index contributed by atoms with van der Waals surface area (Å²) >= 11 is 11.3. The number of amides is 2. The van der Waals surface area contributed by atoms with Gasteiger partial charge in [0.1, 0.15) is 4.32 Å². The van der Waals surface area contributed by atoms with E-state index in [0.717, 1.165) is 11.3 Å². The number of hydrogen-bond acceptors (Lipinski definition) is 5. The average molecular weight is 400 g/mol. The number of thiocarbonyl (C=S) groups is 2. The molecule has 0 spiro atoms. The molecule has 0 radical (unpaired) electrons. The quantitative estimate of drug-likeness (QED) is 0.543. The van der Waals surface area contributed by atoms with E-state index in [0.29, 0.717) is 14.8 Å². The Morgan fingerprint density at radius 1 is 1.08 bits per heavy atom. The van der Waals surface area contributed by atoms with Crippen LogP contribution in [0.4, 0.5) is 5.69 Å². The van der Waals surface area contributed by atoms with Crippen molar-refractivity contribution in [3.63, 3.8) is 0 Å². The van der Waals surface area contributed by atoms with Crippen LogP contribution in [0.2, 0.25) is 0 Å². The highest BCUT2D eigenvalue weighted by atomic mass is 32.2. The first-order valence-electron chi connectivity index (χ1n) is 7.53. The second kappa shape index (κ2) is 8.22. The Kier molecular flexibility index (Phi) is 5.77. The lowest BCUT2D eigenvalue weighted by atomic mass is 10.1. The van der Waals surface area contributed by atoms with Crippen molar-refractivity contribution in [1.29, 1.82) is 0 Å². The van der Waals surface area contributed by atoms with E-state index in [1.807, 2.05) is 30.3 Å². The van der Waals surface area contributed by atoms with Gasteiger partial charge in [-0.05, 0) is 48.1 Å². The molecule has 1 heterocycles. The zero-order valence-electron chi connectivity index (χ0n) is 13.3. The molecule has 0 aromatic heterocycles. The van der Waals surface area contributed by atoms with Gasteiger partial charge in [0.25, 0.3) is 11.8 Å².